The van der Waals surface area contributed by atoms with Gasteiger partial charge in [0.2, 0.25) is 11.0 Å². The highest BCUT2D eigenvalue weighted by molar-refractivity contribution is 8.01. The standard InChI is InChI=1S/C28H25ClN6O2S2/c1-28(2)12-20-24(21(36)13-28)23(16-7-6-8-17(29)11-16)19(14-30)25(31)35(20)26-33-34-27(39-26)38-15-22(37)32-18-9-4-3-5-10-18/h3-11,23H,12-13,15,31H2,1-2H3,(H,32,37). The number of hydrogen-bond acceptors (Lipinski definition) is 9. The van der Waals surface area contributed by atoms with Gasteiger partial charge in [0.1, 0.15) is 5.82 Å². The number of allylic oxidation sites excluding steroid dienone is 3. The van der Waals surface area contributed by atoms with E-state index in [1.807, 2.05) is 50.2 Å². The van der Waals surface area contributed by atoms with Crippen LogP contribution in [-0.2, 0) is 9.59 Å². The number of halogens is 1. The van der Waals surface area contributed by atoms with Crippen molar-refractivity contribution in [2.45, 2.75) is 36.9 Å². The van der Waals surface area contributed by atoms with Gasteiger partial charge in [-0.1, -0.05) is 78.9 Å². The zero-order valence-electron chi connectivity index (χ0n) is 21.3. The van der Waals surface area contributed by atoms with Crippen LogP contribution in [0.25, 0.3) is 0 Å². The molecule has 3 aromatic rings. The average molecular weight is 577 g/mol. The molecule has 1 aliphatic carbocycles. The largest absolute Gasteiger partial charge is 0.384 e. The van der Waals surface area contributed by atoms with Gasteiger partial charge < -0.3 is 11.1 Å². The predicted molar refractivity (Wildman–Crippen MR) is 154 cm³/mol. The Morgan fingerprint density at radius 3 is 2.72 bits per heavy atom. The average Bonchev–Trinajstić information content (AvgIpc) is 3.35. The first kappa shape index (κ1) is 26.9. The smallest absolute Gasteiger partial charge is 0.234 e. The molecule has 5 rings (SSSR count). The number of hydrogen-bond donors (Lipinski definition) is 2. The number of Topliss-reactive ketones (excluding diaryl/α,β-unsaturated/α-hetero) is 1. The normalized spacial score (nSPS) is 18.6. The Balaban J connectivity index is 1.48. The first-order valence-electron chi connectivity index (χ1n) is 12.2. The van der Waals surface area contributed by atoms with E-state index < -0.39 is 5.92 Å². The molecule has 1 aromatic heterocycles. The molecule has 2 aromatic carbocycles. The van der Waals surface area contributed by atoms with E-state index in [0.717, 1.165) is 11.3 Å². The van der Waals surface area contributed by atoms with Crippen LogP contribution in [0, 0.1) is 16.7 Å². The van der Waals surface area contributed by atoms with Crippen LogP contribution in [-0.4, -0.2) is 27.6 Å². The number of amides is 1. The van der Waals surface area contributed by atoms with E-state index in [1.54, 1.807) is 23.1 Å². The van der Waals surface area contributed by atoms with Crippen LogP contribution >= 0.6 is 34.7 Å². The van der Waals surface area contributed by atoms with Gasteiger partial charge in [-0.25, -0.2) is 0 Å². The van der Waals surface area contributed by atoms with Crippen molar-refractivity contribution in [1.82, 2.24) is 10.2 Å². The molecule has 0 radical (unpaired) electrons. The Bertz CT molecular complexity index is 1560. The van der Waals surface area contributed by atoms with Crippen LogP contribution < -0.4 is 16.0 Å². The summed E-state index contributed by atoms with van der Waals surface area (Å²) >= 11 is 8.80. The topological polar surface area (TPSA) is 125 Å². The Morgan fingerprint density at radius 1 is 1.23 bits per heavy atom. The molecular weight excluding hydrogens is 552 g/mol. The Morgan fingerprint density at radius 2 is 2.00 bits per heavy atom. The Hall–Kier alpha value is -3.65. The molecule has 0 saturated carbocycles. The third kappa shape index (κ3) is 5.57. The second-order valence-corrected chi connectivity index (χ2v) is 12.7. The molecule has 3 N–H and O–H groups in total. The van der Waals surface area contributed by atoms with E-state index in [-0.39, 0.29) is 34.3 Å². The third-order valence-electron chi connectivity index (χ3n) is 6.53. The predicted octanol–water partition coefficient (Wildman–Crippen LogP) is 5.86. The molecule has 0 spiro atoms. The second-order valence-electron chi connectivity index (χ2n) is 10.1. The number of nitrogens with one attached hydrogen (secondary N) is 1. The van der Waals surface area contributed by atoms with E-state index in [0.29, 0.717) is 38.6 Å². The molecule has 0 saturated heterocycles. The van der Waals surface area contributed by atoms with Gasteiger partial charge >= 0.3 is 0 Å². The van der Waals surface area contributed by atoms with Gasteiger partial charge in [-0.05, 0) is 41.7 Å². The lowest BCUT2D eigenvalue weighted by Gasteiger charge is -2.42. The Labute approximate surface area is 239 Å². The highest BCUT2D eigenvalue weighted by Crippen LogP contribution is 2.50. The van der Waals surface area contributed by atoms with Crippen molar-refractivity contribution in [2.75, 3.05) is 16.0 Å². The minimum atomic E-state index is -0.619. The third-order valence-corrected chi connectivity index (χ3v) is 8.81. The number of nitriles is 1. The van der Waals surface area contributed by atoms with E-state index in [1.165, 1.54) is 23.1 Å². The fraction of sp³-hybridized carbons (Fsp3) is 0.250. The van der Waals surface area contributed by atoms with Crippen molar-refractivity contribution in [2.24, 2.45) is 11.1 Å². The minimum Gasteiger partial charge on any atom is -0.384 e. The van der Waals surface area contributed by atoms with Crippen molar-refractivity contribution in [3.05, 3.63) is 87.8 Å². The fourth-order valence-corrected chi connectivity index (χ4v) is 6.82. The summed E-state index contributed by atoms with van der Waals surface area (Å²) in [5.41, 5.74) is 9.32. The lowest BCUT2D eigenvalue weighted by atomic mass is 9.69. The highest BCUT2D eigenvalue weighted by Gasteiger charge is 2.45. The van der Waals surface area contributed by atoms with Gasteiger partial charge in [-0.15, -0.1) is 10.2 Å². The molecule has 2 aliphatic rings. The highest BCUT2D eigenvalue weighted by atomic mass is 35.5. The van der Waals surface area contributed by atoms with Gasteiger partial charge in [0, 0.05) is 28.4 Å². The summed E-state index contributed by atoms with van der Waals surface area (Å²) in [6.07, 6.45) is 0.912. The summed E-state index contributed by atoms with van der Waals surface area (Å²) < 4.78 is 0.569. The van der Waals surface area contributed by atoms with Crippen LogP contribution in [0.5, 0.6) is 0 Å². The van der Waals surface area contributed by atoms with Gasteiger partial charge in [0.25, 0.3) is 0 Å². The number of nitrogens with two attached hydrogens (primary N) is 1. The number of nitrogens with zero attached hydrogens (tertiary/aromatic N) is 4. The van der Waals surface area contributed by atoms with Crippen LogP contribution in [0.15, 0.2) is 81.6 Å². The molecule has 2 heterocycles. The van der Waals surface area contributed by atoms with Crippen molar-refractivity contribution >= 4 is 57.2 Å². The summed E-state index contributed by atoms with van der Waals surface area (Å²) in [6, 6.07) is 18.6. The Kier molecular flexibility index (Phi) is 7.49. The maximum absolute atomic E-state index is 13.6. The summed E-state index contributed by atoms with van der Waals surface area (Å²) in [4.78, 5) is 27.7. The van der Waals surface area contributed by atoms with Gasteiger partial charge in [0.05, 0.1) is 23.3 Å². The first-order valence-corrected chi connectivity index (χ1v) is 14.4. The van der Waals surface area contributed by atoms with Crippen molar-refractivity contribution < 1.29 is 9.59 Å². The first-order chi connectivity index (χ1) is 18.7. The van der Waals surface area contributed by atoms with Crippen LogP contribution in [0.4, 0.5) is 10.8 Å². The van der Waals surface area contributed by atoms with E-state index >= 15 is 0 Å². The molecule has 1 unspecified atom stereocenters. The molecule has 1 aliphatic heterocycles. The molecule has 0 fully saturated rings. The lowest BCUT2D eigenvalue weighted by molar-refractivity contribution is -0.118. The van der Waals surface area contributed by atoms with Gasteiger partial charge in [-0.2, -0.15) is 5.26 Å². The van der Waals surface area contributed by atoms with E-state index in [2.05, 4.69) is 21.6 Å². The molecule has 1 amide bonds. The fourth-order valence-electron chi connectivity index (χ4n) is 4.94. The quantitative estimate of drug-likeness (QED) is 0.349. The molecule has 11 heteroatoms. The van der Waals surface area contributed by atoms with Crippen LogP contribution in [0.1, 0.15) is 38.2 Å². The van der Waals surface area contributed by atoms with Crippen molar-refractivity contribution in [1.29, 1.82) is 5.26 Å². The number of carbonyl (C=O) groups excluding carboxylic acids is 2. The maximum Gasteiger partial charge on any atom is 0.234 e. The molecule has 198 valence electrons. The zero-order valence-corrected chi connectivity index (χ0v) is 23.7. The number of benzene rings is 2. The number of rotatable bonds is 6. The van der Waals surface area contributed by atoms with Crippen LogP contribution in [0.2, 0.25) is 5.02 Å². The molecule has 39 heavy (non-hydrogen) atoms. The molecule has 1 atom stereocenters. The summed E-state index contributed by atoms with van der Waals surface area (Å²) in [7, 11) is 0. The summed E-state index contributed by atoms with van der Waals surface area (Å²) in [5, 5.41) is 22.6. The SMILES string of the molecule is CC1(C)CC(=O)C2=C(C1)N(c1nnc(SCC(=O)Nc3ccccc3)s1)C(N)=C(C#N)C2c1cccc(Cl)c1. The minimum absolute atomic E-state index is 0.0341. The van der Waals surface area contributed by atoms with Crippen LogP contribution in [0.3, 0.4) is 0 Å². The van der Waals surface area contributed by atoms with Crippen molar-refractivity contribution in [3.63, 3.8) is 0 Å². The molecular formula is C28H25ClN6O2S2. The number of anilines is 2. The number of para-hydroxylation sites is 1. The molecule has 0 bridgehead atoms. The van der Waals surface area contributed by atoms with E-state index in [4.69, 9.17) is 17.3 Å². The monoisotopic (exact) mass is 576 g/mol. The number of aromatic nitrogens is 2. The maximum atomic E-state index is 13.6. The zero-order chi connectivity index (χ0) is 27.7. The van der Waals surface area contributed by atoms with Gasteiger partial charge in [-0.3, -0.25) is 14.5 Å². The van der Waals surface area contributed by atoms with E-state index in [9.17, 15) is 14.9 Å². The summed E-state index contributed by atoms with van der Waals surface area (Å²) in [5.74, 6) is -0.461. The second kappa shape index (κ2) is 10.8. The number of carbonyl (C=O) groups is 2. The number of thioether (sulfide) groups is 1. The van der Waals surface area contributed by atoms with Crippen molar-refractivity contribution in [3.8, 4) is 6.07 Å². The van der Waals surface area contributed by atoms with Gasteiger partial charge in [0.15, 0.2) is 10.1 Å². The summed E-state index contributed by atoms with van der Waals surface area (Å²) in [6.45, 7) is 4.07. The lowest BCUT2D eigenvalue weighted by Crippen LogP contribution is -2.42. The molecule has 8 nitrogen and oxygen atoms in total. The number of ketones is 1.